The molecule has 3 aliphatic rings. The highest BCUT2D eigenvalue weighted by atomic mass is 35.5. The van der Waals surface area contributed by atoms with E-state index in [2.05, 4.69) is 53.5 Å². The van der Waals surface area contributed by atoms with Crippen LogP contribution in [0, 0.1) is 23.8 Å². The Kier molecular flexibility index (Phi) is 5.36. The number of likely N-dealkylation sites (N-methyl/N-ethyl adjacent to an activating group) is 1. The fourth-order valence-corrected chi connectivity index (χ4v) is 5.48. The SMILES string of the molecule is [C-]#[N+]c1cnc2c(NC3CC3)nc(Nc3cc(C#N)cc(N4CCC5CCN(C)C5C4)c3Cl)nn12. The minimum Gasteiger partial charge on any atom is -0.369 e. The maximum Gasteiger partial charge on any atom is 0.275 e. The monoisotopic (exact) mass is 488 g/mol. The molecule has 3 aromatic rings. The van der Waals surface area contributed by atoms with E-state index in [0.717, 1.165) is 50.5 Å². The molecule has 1 aromatic carbocycles. The minimum absolute atomic E-state index is 0.278. The van der Waals surface area contributed by atoms with Crippen LogP contribution in [0.1, 0.15) is 31.2 Å². The number of nitriles is 1. The van der Waals surface area contributed by atoms with Gasteiger partial charge in [-0.05, 0) is 57.3 Å². The van der Waals surface area contributed by atoms with Gasteiger partial charge in [-0.15, -0.1) is 4.52 Å². The van der Waals surface area contributed by atoms with Crippen molar-refractivity contribution >= 4 is 46.2 Å². The number of aromatic nitrogens is 4. The van der Waals surface area contributed by atoms with Gasteiger partial charge in [0.05, 0.1) is 34.2 Å². The molecule has 35 heavy (non-hydrogen) atoms. The lowest BCUT2D eigenvalue weighted by Gasteiger charge is -2.39. The molecule has 2 unspecified atom stereocenters. The molecule has 0 spiro atoms. The van der Waals surface area contributed by atoms with Crippen LogP contribution in [0.2, 0.25) is 5.02 Å². The Hall–Kier alpha value is -3.60. The first kappa shape index (κ1) is 21.9. The van der Waals surface area contributed by atoms with E-state index in [1.54, 1.807) is 6.07 Å². The van der Waals surface area contributed by atoms with Gasteiger partial charge in [-0.3, -0.25) is 0 Å². The summed E-state index contributed by atoms with van der Waals surface area (Å²) in [6.45, 7) is 10.4. The van der Waals surface area contributed by atoms with Crippen molar-refractivity contribution in [3.8, 4) is 6.07 Å². The smallest absolute Gasteiger partial charge is 0.275 e. The molecule has 1 aliphatic carbocycles. The molecule has 2 saturated heterocycles. The van der Waals surface area contributed by atoms with Crippen LogP contribution in [0.5, 0.6) is 0 Å². The molecule has 6 rings (SSSR count). The van der Waals surface area contributed by atoms with Gasteiger partial charge in [-0.25, -0.2) is 4.98 Å². The Labute approximate surface area is 208 Å². The van der Waals surface area contributed by atoms with Crippen LogP contribution >= 0.6 is 11.6 Å². The molecule has 1 saturated carbocycles. The van der Waals surface area contributed by atoms with Crippen molar-refractivity contribution < 1.29 is 0 Å². The van der Waals surface area contributed by atoms with Gasteiger partial charge in [0.2, 0.25) is 0 Å². The van der Waals surface area contributed by atoms with Gasteiger partial charge in [0.25, 0.3) is 17.4 Å². The molecule has 2 atom stereocenters. The zero-order valence-corrected chi connectivity index (χ0v) is 20.1. The normalized spacial score (nSPS) is 22.0. The molecule has 2 N–H and O–H groups in total. The molecule has 2 aromatic heterocycles. The van der Waals surface area contributed by atoms with Gasteiger partial charge in [0.1, 0.15) is 0 Å². The largest absolute Gasteiger partial charge is 0.369 e. The number of hydrogen-bond donors (Lipinski definition) is 2. The highest BCUT2D eigenvalue weighted by Gasteiger charge is 2.37. The summed E-state index contributed by atoms with van der Waals surface area (Å²) in [5.41, 5.74) is 2.42. The topological polar surface area (TPSA) is 102 Å². The second-order valence-corrected chi connectivity index (χ2v) is 9.97. The van der Waals surface area contributed by atoms with E-state index in [-0.39, 0.29) is 5.95 Å². The number of rotatable bonds is 5. The summed E-state index contributed by atoms with van der Waals surface area (Å²) in [7, 11) is 2.18. The van der Waals surface area contributed by atoms with Gasteiger partial charge in [-0.2, -0.15) is 10.2 Å². The maximum absolute atomic E-state index is 9.73. The van der Waals surface area contributed by atoms with Gasteiger partial charge in [-0.1, -0.05) is 23.3 Å². The van der Waals surface area contributed by atoms with Crippen LogP contribution in [0.4, 0.5) is 29.0 Å². The lowest BCUT2D eigenvalue weighted by molar-refractivity contribution is 0.246. The maximum atomic E-state index is 9.73. The molecule has 0 amide bonds. The summed E-state index contributed by atoms with van der Waals surface area (Å²) in [6.07, 6.45) is 5.99. The number of halogens is 1. The predicted octanol–water partition coefficient (Wildman–Crippen LogP) is 4.05. The van der Waals surface area contributed by atoms with Crippen molar-refractivity contribution in [1.82, 2.24) is 24.5 Å². The lowest BCUT2D eigenvalue weighted by Crippen LogP contribution is -2.47. The molecule has 4 heterocycles. The van der Waals surface area contributed by atoms with E-state index in [0.29, 0.717) is 45.6 Å². The number of imidazole rings is 1. The summed E-state index contributed by atoms with van der Waals surface area (Å²) in [5, 5.41) is 21.3. The third-order valence-corrected chi connectivity index (χ3v) is 7.68. The Morgan fingerprint density at radius 3 is 2.83 bits per heavy atom. The molecule has 10 nitrogen and oxygen atoms in total. The zero-order valence-electron chi connectivity index (χ0n) is 19.4. The fourth-order valence-electron chi connectivity index (χ4n) is 5.20. The Bertz CT molecular complexity index is 1380. The number of piperidine rings is 1. The first-order valence-electron chi connectivity index (χ1n) is 11.9. The van der Waals surface area contributed by atoms with Crippen LogP contribution in [0.15, 0.2) is 18.3 Å². The fraction of sp³-hybridized carbons (Fsp3) is 0.458. The highest BCUT2D eigenvalue weighted by Crippen LogP contribution is 2.40. The summed E-state index contributed by atoms with van der Waals surface area (Å²) in [6, 6.07) is 6.68. The summed E-state index contributed by atoms with van der Waals surface area (Å²) in [4.78, 5) is 17.2. The van der Waals surface area contributed by atoms with Gasteiger partial charge < -0.3 is 25.3 Å². The van der Waals surface area contributed by atoms with E-state index in [4.69, 9.17) is 18.2 Å². The molecular weight excluding hydrogens is 464 g/mol. The second kappa shape index (κ2) is 8.56. The standard InChI is InChI=1S/C24H25ClN10/c1-27-20-12-28-23-22(29-16-3-4-16)31-24(32-35(20)23)30-17-9-14(11-26)10-18(21(17)25)34-8-6-15-5-7-33(2)19(15)13-34/h9-10,12,15-16,19H,3-8,13H2,2H3,(H2,29,30,31,32). The Morgan fingerprint density at radius 1 is 1.23 bits per heavy atom. The van der Waals surface area contributed by atoms with Gasteiger partial charge in [0.15, 0.2) is 5.82 Å². The number of nitrogens with zero attached hydrogens (tertiary/aromatic N) is 8. The average Bonchev–Trinajstić information content (AvgIpc) is 3.47. The van der Waals surface area contributed by atoms with E-state index in [1.165, 1.54) is 17.1 Å². The van der Waals surface area contributed by atoms with Crippen LogP contribution in [-0.4, -0.2) is 63.2 Å². The molecule has 178 valence electrons. The number of likely N-dealkylation sites (tertiary alicyclic amines) is 1. The first-order valence-corrected chi connectivity index (χ1v) is 12.3. The number of fused-ring (bicyclic) bond motifs is 2. The van der Waals surface area contributed by atoms with Crippen LogP contribution in [0.25, 0.3) is 10.5 Å². The third-order valence-electron chi connectivity index (χ3n) is 7.29. The average molecular weight is 489 g/mol. The minimum atomic E-state index is 0.278. The Balaban J connectivity index is 1.36. The molecule has 2 aliphatic heterocycles. The molecular formula is C24H25ClN10. The summed E-state index contributed by atoms with van der Waals surface area (Å²) < 4.78 is 1.48. The van der Waals surface area contributed by atoms with E-state index < -0.39 is 0 Å². The van der Waals surface area contributed by atoms with Crippen molar-refractivity contribution in [3.63, 3.8) is 0 Å². The van der Waals surface area contributed by atoms with E-state index in [9.17, 15) is 5.26 Å². The van der Waals surface area contributed by atoms with Crippen molar-refractivity contribution in [2.24, 2.45) is 5.92 Å². The van der Waals surface area contributed by atoms with Crippen LogP contribution in [-0.2, 0) is 0 Å². The lowest BCUT2D eigenvalue weighted by atomic mass is 9.92. The number of benzene rings is 1. The van der Waals surface area contributed by atoms with Crippen molar-refractivity contribution in [3.05, 3.63) is 40.3 Å². The number of hydrogen-bond acceptors (Lipinski definition) is 8. The van der Waals surface area contributed by atoms with Gasteiger partial charge >= 0.3 is 0 Å². The summed E-state index contributed by atoms with van der Waals surface area (Å²) in [5.74, 6) is 1.86. The van der Waals surface area contributed by atoms with Crippen LogP contribution < -0.4 is 15.5 Å². The van der Waals surface area contributed by atoms with E-state index in [1.807, 2.05) is 6.07 Å². The number of nitrogens with one attached hydrogen (secondary N) is 2. The quantitative estimate of drug-likeness (QED) is 0.519. The van der Waals surface area contributed by atoms with E-state index >= 15 is 0 Å². The second-order valence-electron chi connectivity index (χ2n) is 9.59. The first-order chi connectivity index (χ1) is 17.0. The predicted molar refractivity (Wildman–Crippen MR) is 134 cm³/mol. The van der Waals surface area contributed by atoms with Crippen LogP contribution in [0.3, 0.4) is 0 Å². The van der Waals surface area contributed by atoms with Crippen molar-refractivity contribution in [2.75, 3.05) is 42.2 Å². The zero-order chi connectivity index (χ0) is 24.1. The molecule has 3 fully saturated rings. The third kappa shape index (κ3) is 3.99. The molecule has 0 bridgehead atoms. The van der Waals surface area contributed by atoms with Gasteiger partial charge in [0, 0.05) is 25.2 Å². The Morgan fingerprint density at radius 2 is 2.06 bits per heavy atom. The number of anilines is 4. The van der Waals surface area contributed by atoms with Crippen molar-refractivity contribution in [2.45, 2.75) is 37.8 Å². The highest BCUT2D eigenvalue weighted by molar-refractivity contribution is 6.36. The molecule has 11 heteroatoms. The molecule has 0 radical (unpaired) electrons. The summed E-state index contributed by atoms with van der Waals surface area (Å²) >= 11 is 6.92. The van der Waals surface area contributed by atoms with Crippen molar-refractivity contribution in [1.29, 1.82) is 5.26 Å².